The number of carbonyl (C=O) groups is 1. The number of aryl methyl sites for hydroxylation is 2. The van der Waals surface area contributed by atoms with Crippen molar-refractivity contribution < 1.29 is 9.21 Å². The predicted octanol–water partition coefficient (Wildman–Crippen LogP) is 4.72. The van der Waals surface area contributed by atoms with Crippen molar-refractivity contribution in [3.05, 3.63) is 64.8 Å². The molecule has 3 aromatic rings. The van der Waals surface area contributed by atoms with Crippen LogP contribution in [-0.2, 0) is 0 Å². The Morgan fingerprint density at radius 1 is 1.21 bits per heavy atom. The summed E-state index contributed by atoms with van der Waals surface area (Å²) >= 11 is 6.45. The third kappa shape index (κ3) is 4.30. The second-order valence-electron chi connectivity index (χ2n) is 6.90. The second kappa shape index (κ2) is 8.05. The van der Waals surface area contributed by atoms with E-state index in [1.54, 1.807) is 24.1 Å². The van der Waals surface area contributed by atoms with E-state index in [0.717, 1.165) is 16.8 Å². The van der Waals surface area contributed by atoms with Gasteiger partial charge in [0.25, 0.3) is 0 Å². The van der Waals surface area contributed by atoms with E-state index in [2.05, 4.69) is 20.5 Å². The van der Waals surface area contributed by atoms with E-state index < -0.39 is 0 Å². The molecular weight excluding hydrogens is 390 g/mol. The maximum Gasteiger partial charge on any atom is 0.322 e. The summed E-state index contributed by atoms with van der Waals surface area (Å²) in [5.41, 5.74) is 4.34. The van der Waals surface area contributed by atoms with Gasteiger partial charge in [-0.2, -0.15) is 0 Å². The Bertz CT molecular complexity index is 1070. The number of amides is 2. The number of benzene rings is 1. The van der Waals surface area contributed by atoms with E-state index >= 15 is 0 Å². The van der Waals surface area contributed by atoms with Gasteiger partial charge < -0.3 is 14.6 Å². The molecule has 3 heterocycles. The lowest BCUT2D eigenvalue weighted by atomic mass is 10.0. The van der Waals surface area contributed by atoms with Crippen molar-refractivity contribution in [2.75, 3.05) is 18.4 Å². The Hall–Kier alpha value is -3.19. The van der Waals surface area contributed by atoms with Gasteiger partial charge in [-0.3, -0.25) is 4.98 Å². The van der Waals surface area contributed by atoms with Crippen molar-refractivity contribution in [2.45, 2.75) is 20.3 Å². The van der Waals surface area contributed by atoms with Gasteiger partial charge in [0.1, 0.15) is 0 Å². The Labute approximate surface area is 173 Å². The molecule has 0 saturated carbocycles. The van der Waals surface area contributed by atoms with Crippen molar-refractivity contribution >= 4 is 28.9 Å². The lowest BCUT2D eigenvalue weighted by Gasteiger charge is -2.26. The van der Waals surface area contributed by atoms with Crippen molar-refractivity contribution in [2.24, 2.45) is 0 Å². The zero-order valence-corrected chi connectivity index (χ0v) is 16.9. The van der Waals surface area contributed by atoms with Crippen molar-refractivity contribution in [3.63, 3.8) is 0 Å². The molecule has 0 fully saturated rings. The molecule has 2 amide bonds. The fourth-order valence-electron chi connectivity index (χ4n) is 3.11. The molecule has 1 aliphatic heterocycles. The molecule has 0 radical (unpaired) electrons. The monoisotopic (exact) mass is 409 g/mol. The van der Waals surface area contributed by atoms with Crippen LogP contribution in [0.5, 0.6) is 0 Å². The number of nitrogens with zero attached hydrogens (tertiary/aromatic N) is 4. The minimum absolute atomic E-state index is 0.120. The molecule has 7 nitrogen and oxygen atoms in total. The Morgan fingerprint density at radius 2 is 2.00 bits per heavy atom. The molecule has 29 heavy (non-hydrogen) atoms. The van der Waals surface area contributed by atoms with E-state index in [1.165, 1.54) is 0 Å². The molecule has 0 unspecified atom stereocenters. The summed E-state index contributed by atoms with van der Waals surface area (Å²) in [5.74, 6) is 0.874. The number of rotatable bonds is 3. The molecule has 0 aliphatic carbocycles. The predicted molar refractivity (Wildman–Crippen MR) is 112 cm³/mol. The van der Waals surface area contributed by atoms with Crippen LogP contribution in [0.3, 0.4) is 0 Å². The van der Waals surface area contributed by atoms with E-state index in [1.807, 2.05) is 37.3 Å². The summed E-state index contributed by atoms with van der Waals surface area (Å²) in [6, 6.07) is 9.38. The maximum atomic E-state index is 12.5. The fraction of sp³-hybridized carbons (Fsp3) is 0.238. The number of nitrogens with one attached hydrogen (secondary N) is 1. The molecule has 0 atom stereocenters. The fourth-order valence-corrected chi connectivity index (χ4v) is 3.40. The van der Waals surface area contributed by atoms with Gasteiger partial charge in [0, 0.05) is 31.9 Å². The van der Waals surface area contributed by atoms with E-state index in [9.17, 15) is 4.79 Å². The molecule has 0 bridgehead atoms. The molecule has 4 rings (SSSR count). The number of halogens is 1. The highest BCUT2D eigenvalue weighted by Crippen LogP contribution is 2.30. The SMILES string of the molecule is Cc1ccc(NC(=O)N2CC=C(c3ncc(-c4nnc(C)o4)cc3Cl)CC2)cc1. The number of aromatic nitrogens is 3. The summed E-state index contributed by atoms with van der Waals surface area (Å²) in [7, 11) is 0. The highest BCUT2D eigenvalue weighted by Gasteiger charge is 2.20. The van der Waals surface area contributed by atoms with Gasteiger partial charge in [0.2, 0.25) is 11.8 Å². The molecule has 1 aliphatic rings. The van der Waals surface area contributed by atoms with Crippen LogP contribution >= 0.6 is 11.6 Å². The maximum absolute atomic E-state index is 12.5. The average Bonchev–Trinajstić information content (AvgIpc) is 3.16. The topological polar surface area (TPSA) is 84.2 Å². The Morgan fingerprint density at radius 3 is 2.62 bits per heavy atom. The van der Waals surface area contributed by atoms with Crippen LogP contribution in [0.1, 0.15) is 23.6 Å². The number of carbonyl (C=O) groups excluding carboxylic acids is 1. The van der Waals surface area contributed by atoms with Gasteiger partial charge in [-0.05, 0) is 37.1 Å². The summed E-state index contributed by atoms with van der Waals surface area (Å²) in [6.07, 6.45) is 4.33. The molecule has 1 N–H and O–H groups in total. The van der Waals surface area contributed by atoms with Gasteiger partial charge in [-0.15, -0.1) is 10.2 Å². The molecule has 1 aromatic carbocycles. The summed E-state index contributed by atoms with van der Waals surface area (Å²) in [4.78, 5) is 18.7. The van der Waals surface area contributed by atoms with Crippen molar-refractivity contribution in [1.29, 1.82) is 0 Å². The lowest BCUT2D eigenvalue weighted by Crippen LogP contribution is -2.37. The smallest absolute Gasteiger partial charge is 0.322 e. The van der Waals surface area contributed by atoms with Crippen LogP contribution in [0.25, 0.3) is 17.0 Å². The molecule has 8 heteroatoms. The summed E-state index contributed by atoms with van der Waals surface area (Å²) in [6.45, 7) is 4.83. The standard InChI is InChI=1S/C21H20ClN5O2/c1-13-3-5-17(6-4-13)24-21(28)27-9-7-15(8-10-27)19-18(22)11-16(12-23-19)20-26-25-14(2)29-20/h3-7,11-12H,8-10H2,1-2H3,(H,24,28). The minimum atomic E-state index is -0.120. The Kier molecular flexibility index (Phi) is 5.31. The van der Waals surface area contributed by atoms with E-state index in [4.69, 9.17) is 16.0 Å². The van der Waals surface area contributed by atoms with Crippen LogP contribution in [0.4, 0.5) is 10.5 Å². The number of pyridine rings is 1. The molecule has 0 spiro atoms. The summed E-state index contributed by atoms with van der Waals surface area (Å²) in [5, 5.41) is 11.2. The first-order chi connectivity index (χ1) is 14.0. The highest BCUT2D eigenvalue weighted by molar-refractivity contribution is 6.32. The Balaban J connectivity index is 1.44. The number of hydrogen-bond acceptors (Lipinski definition) is 5. The number of urea groups is 1. The van der Waals surface area contributed by atoms with Crippen molar-refractivity contribution in [3.8, 4) is 11.5 Å². The molecule has 2 aromatic heterocycles. The van der Waals surface area contributed by atoms with Crippen LogP contribution in [-0.4, -0.2) is 39.2 Å². The first kappa shape index (κ1) is 19.1. The van der Waals surface area contributed by atoms with Gasteiger partial charge in [-0.1, -0.05) is 35.4 Å². The largest absolute Gasteiger partial charge is 0.421 e. The van der Waals surface area contributed by atoms with Crippen molar-refractivity contribution in [1.82, 2.24) is 20.1 Å². The second-order valence-corrected chi connectivity index (χ2v) is 7.31. The van der Waals surface area contributed by atoms with Gasteiger partial charge in [0.15, 0.2) is 0 Å². The average molecular weight is 410 g/mol. The first-order valence-corrected chi connectivity index (χ1v) is 9.65. The third-order valence-electron chi connectivity index (χ3n) is 4.72. The summed E-state index contributed by atoms with van der Waals surface area (Å²) < 4.78 is 5.42. The third-order valence-corrected chi connectivity index (χ3v) is 5.01. The van der Waals surface area contributed by atoms with Gasteiger partial charge in [-0.25, -0.2) is 4.79 Å². The molecular formula is C21H20ClN5O2. The van der Waals surface area contributed by atoms with E-state index in [-0.39, 0.29) is 6.03 Å². The van der Waals surface area contributed by atoms with Crippen LogP contribution in [0, 0.1) is 13.8 Å². The van der Waals surface area contributed by atoms with Crippen LogP contribution in [0.15, 0.2) is 47.0 Å². The number of anilines is 1. The zero-order chi connectivity index (χ0) is 20.4. The molecule has 0 saturated heterocycles. The molecule has 148 valence electrons. The normalized spacial score (nSPS) is 13.9. The lowest BCUT2D eigenvalue weighted by molar-refractivity contribution is 0.217. The minimum Gasteiger partial charge on any atom is -0.421 e. The van der Waals surface area contributed by atoms with E-state index in [0.29, 0.717) is 47.6 Å². The zero-order valence-electron chi connectivity index (χ0n) is 16.1. The van der Waals surface area contributed by atoms with Gasteiger partial charge >= 0.3 is 6.03 Å². The van der Waals surface area contributed by atoms with Crippen LogP contribution < -0.4 is 5.32 Å². The number of hydrogen-bond donors (Lipinski definition) is 1. The highest BCUT2D eigenvalue weighted by atomic mass is 35.5. The van der Waals surface area contributed by atoms with Crippen LogP contribution in [0.2, 0.25) is 5.02 Å². The van der Waals surface area contributed by atoms with Gasteiger partial charge in [0.05, 0.1) is 16.3 Å². The first-order valence-electron chi connectivity index (χ1n) is 9.27. The quantitative estimate of drug-likeness (QED) is 0.676.